The van der Waals surface area contributed by atoms with Gasteiger partial charge in [-0.15, -0.1) is 0 Å². The Kier molecular flexibility index (Phi) is 5.00. The molecule has 86 valence electrons. The highest BCUT2D eigenvalue weighted by molar-refractivity contribution is 5.86. The maximum atomic E-state index is 11.2. The summed E-state index contributed by atoms with van der Waals surface area (Å²) in [6.07, 6.45) is -0.374. The SMILES string of the molecule is C=C(C)C(=O)OCCOC(=O)[N+](C)(C)C. The van der Waals surface area contributed by atoms with E-state index < -0.39 is 5.97 Å². The van der Waals surface area contributed by atoms with E-state index in [1.807, 2.05) is 0 Å². The maximum Gasteiger partial charge on any atom is 0.515 e. The first-order valence-corrected chi connectivity index (χ1v) is 4.56. The van der Waals surface area contributed by atoms with E-state index in [9.17, 15) is 9.59 Å². The van der Waals surface area contributed by atoms with Crippen molar-refractivity contribution in [1.29, 1.82) is 0 Å². The van der Waals surface area contributed by atoms with Crippen LogP contribution in [0, 0.1) is 0 Å². The molecule has 0 fully saturated rings. The van der Waals surface area contributed by atoms with Crippen LogP contribution in [0.2, 0.25) is 0 Å². The average Bonchev–Trinajstić information content (AvgIpc) is 2.09. The largest absolute Gasteiger partial charge is 0.515 e. The second kappa shape index (κ2) is 5.50. The minimum atomic E-state index is -0.476. The Morgan fingerprint density at radius 2 is 1.60 bits per heavy atom. The van der Waals surface area contributed by atoms with Gasteiger partial charge in [-0.05, 0) is 6.92 Å². The predicted molar refractivity (Wildman–Crippen MR) is 55.2 cm³/mol. The molecule has 0 saturated heterocycles. The van der Waals surface area contributed by atoms with Crippen LogP contribution in [0.15, 0.2) is 12.2 Å². The lowest BCUT2D eigenvalue weighted by Gasteiger charge is -2.19. The van der Waals surface area contributed by atoms with Gasteiger partial charge in [0.25, 0.3) is 0 Å². The van der Waals surface area contributed by atoms with E-state index in [4.69, 9.17) is 9.47 Å². The number of esters is 1. The van der Waals surface area contributed by atoms with Crippen LogP contribution in [0.3, 0.4) is 0 Å². The second-order valence-electron chi connectivity index (χ2n) is 4.04. The number of hydrogen-bond acceptors (Lipinski definition) is 4. The van der Waals surface area contributed by atoms with Gasteiger partial charge in [0.05, 0.1) is 21.1 Å². The van der Waals surface area contributed by atoms with Crippen molar-refractivity contribution in [3.8, 4) is 0 Å². The molecule has 5 nitrogen and oxygen atoms in total. The minimum Gasteiger partial charge on any atom is -0.459 e. The summed E-state index contributed by atoms with van der Waals surface area (Å²) in [5, 5.41) is 0. The summed E-state index contributed by atoms with van der Waals surface area (Å²) in [7, 11) is 5.09. The van der Waals surface area contributed by atoms with Crippen molar-refractivity contribution in [3.63, 3.8) is 0 Å². The standard InChI is InChI=1S/C10H18NO4/c1-8(2)9(12)14-6-7-15-10(13)11(3,4)5/h1,6-7H2,2-5H3/q+1. The Bertz CT molecular complexity index is 265. The van der Waals surface area contributed by atoms with Crippen LogP contribution in [-0.4, -0.2) is 50.9 Å². The molecule has 5 heteroatoms. The molecular formula is C10H18NO4+. The maximum absolute atomic E-state index is 11.2. The van der Waals surface area contributed by atoms with Crippen LogP contribution in [-0.2, 0) is 14.3 Å². The first-order valence-electron chi connectivity index (χ1n) is 4.56. The molecule has 0 aliphatic rings. The summed E-state index contributed by atoms with van der Waals surface area (Å²) in [6.45, 7) is 5.09. The lowest BCUT2D eigenvalue weighted by Crippen LogP contribution is -2.42. The third kappa shape index (κ3) is 5.85. The number of rotatable bonds is 4. The Hall–Kier alpha value is -1.36. The van der Waals surface area contributed by atoms with E-state index in [0.717, 1.165) is 0 Å². The summed E-state index contributed by atoms with van der Waals surface area (Å²) in [5.41, 5.74) is 0.327. The van der Waals surface area contributed by atoms with Crippen LogP contribution >= 0.6 is 0 Å². The van der Waals surface area contributed by atoms with Gasteiger partial charge in [0, 0.05) is 5.57 Å². The molecule has 0 N–H and O–H groups in total. The van der Waals surface area contributed by atoms with Gasteiger partial charge >= 0.3 is 12.1 Å². The third-order valence-corrected chi connectivity index (χ3v) is 1.44. The van der Waals surface area contributed by atoms with E-state index in [-0.39, 0.29) is 23.8 Å². The zero-order valence-electron chi connectivity index (χ0n) is 9.70. The molecule has 1 amide bonds. The molecule has 0 bridgehead atoms. The molecular weight excluding hydrogens is 198 g/mol. The number of hydrogen-bond donors (Lipinski definition) is 0. The van der Waals surface area contributed by atoms with Gasteiger partial charge < -0.3 is 9.47 Å². The number of carbonyl (C=O) groups excluding carboxylic acids is 2. The molecule has 0 spiro atoms. The van der Waals surface area contributed by atoms with Crippen molar-refractivity contribution in [2.45, 2.75) is 6.92 Å². The number of ether oxygens (including phenoxy) is 2. The predicted octanol–water partition coefficient (Wildman–Crippen LogP) is 0.948. The van der Waals surface area contributed by atoms with Gasteiger partial charge in [0.1, 0.15) is 13.2 Å². The topological polar surface area (TPSA) is 52.6 Å². The van der Waals surface area contributed by atoms with Crippen LogP contribution in [0.1, 0.15) is 6.92 Å². The van der Waals surface area contributed by atoms with Crippen molar-refractivity contribution in [2.24, 2.45) is 0 Å². The van der Waals surface area contributed by atoms with Crippen molar-refractivity contribution in [3.05, 3.63) is 12.2 Å². The highest BCUT2D eigenvalue weighted by Gasteiger charge is 2.22. The first kappa shape index (κ1) is 13.6. The third-order valence-electron chi connectivity index (χ3n) is 1.44. The van der Waals surface area contributed by atoms with E-state index in [2.05, 4.69) is 6.58 Å². The molecule has 0 aromatic rings. The number of quaternary nitrogens is 1. The van der Waals surface area contributed by atoms with Gasteiger partial charge in [-0.3, -0.25) is 0 Å². The monoisotopic (exact) mass is 216 g/mol. The average molecular weight is 216 g/mol. The van der Waals surface area contributed by atoms with Gasteiger partial charge in [-0.1, -0.05) is 6.58 Å². The van der Waals surface area contributed by atoms with E-state index in [1.54, 1.807) is 28.1 Å². The number of carbonyl (C=O) groups is 2. The normalized spacial score (nSPS) is 10.7. The lowest BCUT2D eigenvalue weighted by atomic mass is 10.4. The van der Waals surface area contributed by atoms with Gasteiger partial charge in [-0.25, -0.2) is 9.28 Å². The molecule has 0 aliphatic heterocycles. The van der Waals surface area contributed by atoms with Crippen LogP contribution in [0.5, 0.6) is 0 Å². The quantitative estimate of drug-likeness (QED) is 0.304. The van der Waals surface area contributed by atoms with Crippen molar-refractivity contribution >= 4 is 12.1 Å². The number of nitrogens with zero attached hydrogens (tertiary/aromatic N) is 1. The van der Waals surface area contributed by atoms with Crippen LogP contribution in [0.4, 0.5) is 4.79 Å². The van der Waals surface area contributed by atoms with Gasteiger partial charge in [0.2, 0.25) is 0 Å². The number of amides is 1. The molecule has 0 aliphatic carbocycles. The molecule has 0 rings (SSSR count). The fraction of sp³-hybridized carbons (Fsp3) is 0.600. The fourth-order valence-corrected chi connectivity index (χ4v) is 0.580. The Balaban J connectivity index is 3.69. The summed E-state index contributed by atoms with van der Waals surface area (Å²) < 4.78 is 9.68. The molecule has 0 heterocycles. The highest BCUT2D eigenvalue weighted by Crippen LogP contribution is 1.97. The second-order valence-corrected chi connectivity index (χ2v) is 4.04. The van der Waals surface area contributed by atoms with Crippen LogP contribution in [0.25, 0.3) is 0 Å². The van der Waals surface area contributed by atoms with Gasteiger partial charge in [0.15, 0.2) is 0 Å². The van der Waals surface area contributed by atoms with Crippen molar-refractivity contribution in [2.75, 3.05) is 34.4 Å². The van der Waals surface area contributed by atoms with E-state index in [0.29, 0.717) is 5.57 Å². The van der Waals surface area contributed by atoms with Gasteiger partial charge in [-0.2, -0.15) is 4.79 Å². The zero-order chi connectivity index (χ0) is 12.1. The summed E-state index contributed by atoms with van der Waals surface area (Å²) in [6, 6.07) is 0. The molecule has 0 radical (unpaired) electrons. The minimum absolute atomic E-state index is 0.0530. The smallest absolute Gasteiger partial charge is 0.459 e. The summed E-state index contributed by atoms with van der Waals surface area (Å²) in [4.78, 5) is 22.2. The summed E-state index contributed by atoms with van der Waals surface area (Å²) >= 11 is 0. The highest BCUT2D eigenvalue weighted by atomic mass is 16.6. The molecule has 0 atom stereocenters. The van der Waals surface area contributed by atoms with E-state index >= 15 is 0 Å². The molecule has 0 aromatic carbocycles. The summed E-state index contributed by atoms with van der Waals surface area (Å²) in [5.74, 6) is -0.476. The Morgan fingerprint density at radius 1 is 1.13 bits per heavy atom. The van der Waals surface area contributed by atoms with E-state index in [1.165, 1.54) is 0 Å². The Labute approximate surface area is 89.9 Å². The molecule has 0 unspecified atom stereocenters. The lowest BCUT2D eigenvalue weighted by molar-refractivity contribution is -0.795. The molecule has 0 aromatic heterocycles. The van der Waals surface area contributed by atoms with Crippen molar-refractivity contribution < 1.29 is 23.5 Å². The fourth-order valence-electron chi connectivity index (χ4n) is 0.580. The van der Waals surface area contributed by atoms with Crippen molar-refractivity contribution in [1.82, 2.24) is 0 Å². The molecule has 15 heavy (non-hydrogen) atoms. The Morgan fingerprint density at radius 3 is 2.00 bits per heavy atom. The first-order chi connectivity index (χ1) is 6.75. The van der Waals surface area contributed by atoms with Crippen LogP contribution < -0.4 is 0 Å². The molecule has 0 saturated carbocycles. The zero-order valence-corrected chi connectivity index (χ0v) is 9.70.